The number of hydrogen-bond acceptors (Lipinski definition) is 2. The van der Waals surface area contributed by atoms with Crippen LogP contribution in [0.4, 0.5) is 18.9 Å². The zero-order valence-electron chi connectivity index (χ0n) is 16.5. The number of carboxylic acid groups (broad SMARTS) is 1. The van der Waals surface area contributed by atoms with Gasteiger partial charge in [0.1, 0.15) is 0 Å². The maximum atomic E-state index is 13.9. The van der Waals surface area contributed by atoms with Crippen molar-refractivity contribution in [1.82, 2.24) is 4.57 Å². The summed E-state index contributed by atoms with van der Waals surface area (Å²) in [5.74, 6) is -1.44. The minimum absolute atomic E-state index is 0.0433. The van der Waals surface area contributed by atoms with Crippen LogP contribution in [0.3, 0.4) is 0 Å². The fraction of sp³-hybridized carbons (Fsp3) is 0.182. The standard InChI is InChI=1S/C22H19F3N2O3/c1-12-10-18(21(29)30)13(2)27(12)20-9-6-16(11-19(20)22(23,24)25)15-4-7-17(8-5-15)26-14(3)28/h4-11H,1-3H3,(H,26,28)(H,29,30). The maximum absolute atomic E-state index is 13.9. The number of anilines is 1. The first-order valence-corrected chi connectivity index (χ1v) is 9.01. The van der Waals surface area contributed by atoms with E-state index in [0.29, 0.717) is 22.5 Å². The van der Waals surface area contributed by atoms with Crippen molar-refractivity contribution in [2.45, 2.75) is 26.9 Å². The SMILES string of the molecule is CC(=O)Nc1ccc(-c2ccc(-n3c(C)cc(C(=O)O)c3C)c(C(F)(F)F)c2)cc1. The first-order valence-electron chi connectivity index (χ1n) is 9.01. The van der Waals surface area contributed by atoms with Crippen LogP contribution in [0.15, 0.2) is 48.5 Å². The van der Waals surface area contributed by atoms with E-state index >= 15 is 0 Å². The molecule has 8 heteroatoms. The Labute approximate surface area is 170 Å². The van der Waals surface area contributed by atoms with Crippen LogP contribution < -0.4 is 5.32 Å². The van der Waals surface area contributed by atoms with Crippen molar-refractivity contribution < 1.29 is 27.9 Å². The van der Waals surface area contributed by atoms with E-state index in [1.54, 1.807) is 37.3 Å². The molecule has 2 N–H and O–H groups in total. The Morgan fingerprint density at radius 2 is 1.57 bits per heavy atom. The minimum atomic E-state index is -4.64. The summed E-state index contributed by atoms with van der Waals surface area (Å²) in [6, 6.07) is 11.7. The Balaban J connectivity index is 2.13. The molecule has 0 bridgehead atoms. The summed E-state index contributed by atoms with van der Waals surface area (Å²) in [5, 5.41) is 11.9. The number of alkyl halides is 3. The van der Waals surface area contributed by atoms with Crippen LogP contribution in [0.5, 0.6) is 0 Å². The molecule has 0 atom stereocenters. The van der Waals surface area contributed by atoms with Crippen LogP contribution in [0.1, 0.15) is 34.2 Å². The van der Waals surface area contributed by atoms with E-state index in [0.717, 1.165) is 6.07 Å². The average molecular weight is 416 g/mol. The molecule has 0 saturated heterocycles. The van der Waals surface area contributed by atoms with Gasteiger partial charge >= 0.3 is 12.1 Å². The molecular weight excluding hydrogens is 397 g/mol. The van der Waals surface area contributed by atoms with Crippen LogP contribution in [0.2, 0.25) is 0 Å². The summed E-state index contributed by atoms with van der Waals surface area (Å²) in [6.45, 7) is 4.41. The maximum Gasteiger partial charge on any atom is 0.418 e. The minimum Gasteiger partial charge on any atom is -0.478 e. The molecule has 0 unspecified atom stereocenters. The molecule has 0 aliphatic rings. The number of benzene rings is 2. The van der Waals surface area contributed by atoms with Gasteiger partial charge in [-0.15, -0.1) is 0 Å². The number of aryl methyl sites for hydroxylation is 1. The molecule has 3 aromatic rings. The molecular formula is C22H19F3N2O3. The van der Waals surface area contributed by atoms with Gasteiger partial charge in [0.05, 0.1) is 16.8 Å². The monoisotopic (exact) mass is 416 g/mol. The topological polar surface area (TPSA) is 71.3 Å². The van der Waals surface area contributed by atoms with Crippen molar-refractivity contribution in [3.05, 3.63) is 71.0 Å². The highest BCUT2D eigenvalue weighted by atomic mass is 19.4. The second-order valence-corrected chi connectivity index (χ2v) is 6.91. The van der Waals surface area contributed by atoms with Gasteiger partial charge in [0.15, 0.2) is 0 Å². The zero-order chi connectivity index (χ0) is 22.2. The Kier molecular flexibility index (Phi) is 5.43. The number of aromatic nitrogens is 1. The van der Waals surface area contributed by atoms with Gasteiger partial charge in [-0.3, -0.25) is 4.79 Å². The highest BCUT2D eigenvalue weighted by Gasteiger charge is 2.35. The van der Waals surface area contributed by atoms with Crippen LogP contribution in [0, 0.1) is 13.8 Å². The zero-order valence-corrected chi connectivity index (χ0v) is 16.5. The number of carboxylic acids is 1. The highest BCUT2D eigenvalue weighted by Crippen LogP contribution is 2.38. The van der Waals surface area contributed by atoms with Gasteiger partial charge in [-0.05, 0) is 55.3 Å². The number of nitrogens with one attached hydrogen (secondary N) is 1. The molecule has 156 valence electrons. The van der Waals surface area contributed by atoms with E-state index in [1.807, 2.05) is 0 Å². The molecule has 0 saturated carbocycles. The molecule has 30 heavy (non-hydrogen) atoms. The molecule has 1 heterocycles. The molecule has 1 aromatic heterocycles. The number of aromatic carboxylic acids is 1. The lowest BCUT2D eigenvalue weighted by atomic mass is 10.0. The summed E-state index contributed by atoms with van der Waals surface area (Å²) in [4.78, 5) is 22.5. The van der Waals surface area contributed by atoms with Gasteiger partial charge in [-0.1, -0.05) is 18.2 Å². The normalized spacial score (nSPS) is 11.4. The third kappa shape index (κ3) is 4.07. The summed E-state index contributed by atoms with van der Waals surface area (Å²) in [5.41, 5.74) is 1.00. The van der Waals surface area contributed by atoms with Crippen molar-refractivity contribution >= 4 is 17.6 Å². The molecule has 0 radical (unpaired) electrons. The number of hydrogen-bond donors (Lipinski definition) is 2. The molecule has 0 fully saturated rings. The van der Waals surface area contributed by atoms with E-state index in [1.165, 1.54) is 30.5 Å². The first kappa shape index (κ1) is 21.2. The van der Waals surface area contributed by atoms with Crippen LogP contribution in [-0.2, 0) is 11.0 Å². The number of amides is 1. The van der Waals surface area contributed by atoms with Crippen molar-refractivity contribution in [2.75, 3.05) is 5.32 Å². The van der Waals surface area contributed by atoms with E-state index in [4.69, 9.17) is 0 Å². The third-order valence-corrected chi connectivity index (χ3v) is 4.74. The van der Waals surface area contributed by atoms with Gasteiger partial charge in [0.25, 0.3) is 0 Å². The van der Waals surface area contributed by atoms with Crippen LogP contribution in [-0.4, -0.2) is 21.6 Å². The van der Waals surface area contributed by atoms with Crippen LogP contribution in [0.25, 0.3) is 16.8 Å². The molecule has 1 amide bonds. The molecule has 5 nitrogen and oxygen atoms in total. The second-order valence-electron chi connectivity index (χ2n) is 6.91. The molecule has 2 aromatic carbocycles. The van der Waals surface area contributed by atoms with E-state index in [9.17, 15) is 27.9 Å². The fourth-order valence-electron chi connectivity index (χ4n) is 3.44. The first-order chi connectivity index (χ1) is 14.0. The molecule has 0 spiro atoms. The smallest absolute Gasteiger partial charge is 0.418 e. The van der Waals surface area contributed by atoms with Gasteiger partial charge in [0, 0.05) is 24.0 Å². The number of nitrogens with zero attached hydrogens (tertiary/aromatic N) is 1. The molecule has 3 rings (SSSR count). The van der Waals surface area contributed by atoms with E-state index in [-0.39, 0.29) is 22.9 Å². The highest BCUT2D eigenvalue weighted by molar-refractivity contribution is 5.90. The van der Waals surface area contributed by atoms with Crippen LogP contribution >= 0.6 is 0 Å². The number of rotatable bonds is 4. The summed E-state index contributed by atoms with van der Waals surface area (Å²) < 4.78 is 43.0. The van der Waals surface area contributed by atoms with Crippen molar-refractivity contribution in [3.8, 4) is 16.8 Å². The lowest BCUT2D eigenvalue weighted by Gasteiger charge is -2.18. The van der Waals surface area contributed by atoms with Gasteiger partial charge in [0.2, 0.25) is 5.91 Å². The molecule has 0 aliphatic carbocycles. The largest absolute Gasteiger partial charge is 0.478 e. The van der Waals surface area contributed by atoms with Gasteiger partial charge in [-0.2, -0.15) is 13.2 Å². The Bertz CT molecular complexity index is 1130. The lowest BCUT2D eigenvalue weighted by molar-refractivity contribution is -0.137. The summed E-state index contributed by atoms with van der Waals surface area (Å²) in [7, 11) is 0. The average Bonchev–Trinajstić information content (AvgIpc) is 2.95. The second kappa shape index (κ2) is 7.70. The molecule has 0 aliphatic heterocycles. The predicted molar refractivity (Wildman–Crippen MR) is 107 cm³/mol. The van der Waals surface area contributed by atoms with Gasteiger partial charge < -0.3 is 15.0 Å². The lowest BCUT2D eigenvalue weighted by Crippen LogP contribution is -2.13. The third-order valence-electron chi connectivity index (χ3n) is 4.74. The Morgan fingerprint density at radius 1 is 0.967 bits per heavy atom. The van der Waals surface area contributed by atoms with Gasteiger partial charge in [-0.25, -0.2) is 4.79 Å². The van der Waals surface area contributed by atoms with Crippen molar-refractivity contribution in [1.29, 1.82) is 0 Å². The quantitative estimate of drug-likeness (QED) is 0.595. The number of halogens is 3. The number of carbonyl (C=O) groups excluding carboxylic acids is 1. The van der Waals surface area contributed by atoms with E-state index in [2.05, 4.69) is 5.32 Å². The Hall–Kier alpha value is -3.55. The van der Waals surface area contributed by atoms with Crippen molar-refractivity contribution in [3.63, 3.8) is 0 Å². The fourth-order valence-corrected chi connectivity index (χ4v) is 3.44. The van der Waals surface area contributed by atoms with Crippen molar-refractivity contribution in [2.24, 2.45) is 0 Å². The summed E-state index contributed by atoms with van der Waals surface area (Å²) in [6.07, 6.45) is -4.64. The number of carbonyl (C=O) groups is 2. The van der Waals surface area contributed by atoms with E-state index < -0.39 is 17.7 Å². The Morgan fingerprint density at radius 3 is 2.07 bits per heavy atom. The summed E-state index contributed by atoms with van der Waals surface area (Å²) >= 11 is 0. The predicted octanol–water partition coefficient (Wildman–Crippen LogP) is 5.44.